The molecule has 0 heterocycles. The lowest BCUT2D eigenvalue weighted by molar-refractivity contribution is 0.0776. The van der Waals surface area contributed by atoms with Gasteiger partial charge in [0.1, 0.15) is 12.4 Å². The smallest absolute Gasteiger partial charge is 0.257 e. The average molecular weight is 280 g/mol. The van der Waals surface area contributed by atoms with Crippen LogP contribution < -0.4 is 10.5 Å². The first kappa shape index (κ1) is 16.3. The molecule has 0 atom stereocenters. The molecule has 1 amide bonds. The van der Waals surface area contributed by atoms with Gasteiger partial charge in [0.25, 0.3) is 5.91 Å². The topological polar surface area (TPSA) is 64.8 Å². The van der Waals surface area contributed by atoms with Crippen molar-refractivity contribution in [3.05, 3.63) is 23.8 Å². The summed E-state index contributed by atoms with van der Waals surface area (Å²) in [5.41, 5.74) is 6.81. The van der Waals surface area contributed by atoms with Crippen LogP contribution in [0.2, 0.25) is 0 Å². The zero-order valence-electron chi connectivity index (χ0n) is 12.7. The number of hydrogen-bond donors (Lipinski definition) is 1. The van der Waals surface area contributed by atoms with Crippen LogP contribution in [-0.4, -0.2) is 44.7 Å². The van der Waals surface area contributed by atoms with Crippen LogP contribution in [0.4, 0.5) is 5.69 Å². The number of anilines is 1. The van der Waals surface area contributed by atoms with Gasteiger partial charge in [-0.05, 0) is 18.1 Å². The van der Waals surface area contributed by atoms with E-state index in [1.165, 1.54) is 4.90 Å². The van der Waals surface area contributed by atoms with Crippen LogP contribution in [0.3, 0.4) is 0 Å². The first-order valence-corrected chi connectivity index (χ1v) is 6.73. The molecular weight excluding hydrogens is 256 g/mol. The van der Waals surface area contributed by atoms with Crippen molar-refractivity contribution in [1.82, 2.24) is 4.90 Å². The van der Waals surface area contributed by atoms with Gasteiger partial charge in [-0.3, -0.25) is 4.79 Å². The van der Waals surface area contributed by atoms with Gasteiger partial charge in [-0.25, -0.2) is 0 Å². The summed E-state index contributed by atoms with van der Waals surface area (Å²) in [5.74, 6) is 0.883. The number of nitrogens with two attached hydrogens (primary N) is 1. The Balaban J connectivity index is 2.63. The molecule has 0 aliphatic heterocycles. The minimum absolute atomic E-state index is 0.108. The van der Waals surface area contributed by atoms with Crippen LogP contribution in [-0.2, 0) is 4.74 Å². The molecular formula is C15H24N2O3. The first-order chi connectivity index (χ1) is 9.41. The highest BCUT2D eigenvalue weighted by Crippen LogP contribution is 2.23. The molecule has 20 heavy (non-hydrogen) atoms. The lowest BCUT2D eigenvalue weighted by atomic mass is 10.1. The van der Waals surface area contributed by atoms with Crippen LogP contribution in [0.15, 0.2) is 18.2 Å². The molecule has 0 aliphatic carbocycles. The molecule has 5 heteroatoms. The average Bonchev–Trinajstić information content (AvgIpc) is 2.37. The second kappa shape index (κ2) is 7.75. The van der Waals surface area contributed by atoms with Crippen molar-refractivity contribution in [2.45, 2.75) is 13.8 Å². The van der Waals surface area contributed by atoms with Crippen LogP contribution in [0.25, 0.3) is 0 Å². The first-order valence-electron chi connectivity index (χ1n) is 6.73. The summed E-state index contributed by atoms with van der Waals surface area (Å²) in [6, 6.07) is 5.04. The number of rotatable bonds is 7. The van der Waals surface area contributed by atoms with E-state index in [0.717, 1.165) is 0 Å². The molecule has 0 aromatic heterocycles. The van der Waals surface area contributed by atoms with E-state index in [1.54, 1.807) is 32.3 Å². The highest BCUT2D eigenvalue weighted by Gasteiger charge is 2.14. The number of carbonyl (C=O) groups is 1. The molecule has 112 valence electrons. The number of nitrogens with zero attached hydrogens (tertiary/aromatic N) is 1. The third kappa shape index (κ3) is 5.09. The van der Waals surface area contributed by atoms with Gasteiger partial charge in [-0.1, -0.05) is 13.8 Å². The van der Waals surface area contributed by atoms with Gasteiger partial charge in [0.2, 0.25) is 0 Å². The third-order valence-electron chi connectivity index (χ3n) is 2.58. The third-order valence-corrected chi connectivity index (χ3v) is 2.58. The monoisotopic (exact) mass is 280 g/mol. The lowest BCUT2D eigenvalue weighted by Crippen LogP contribution is -2.23. The number of benzene rings is 1. The quantitative estimate of drug-likeness (QED) is 0.613. The standard InChI is InChI=1S/C15H24N2O3/c1-11(2)10-19-7-8-20-14-9-12(16)5-6-13(14)15(18)17(3)4/h5-6,9,11H,7-8,10,16H2,1-4H3. The van der Waals surface area contributed by atoms with Crippen molar-refractivity contribution in [2.75, 3.05) is 39.6 Å². The predicted octanol–water partition coefficient (Wildman–Crippen LogP) is 2.02. The summed E-state index contributed by atoms with van der Waals surface area (Å²) >= 11 is 0. The zero-order valence-corrected chi connectivity index (χ0v) is 12.7. The number of carbonyl (C=O) groups excluding carboxylic acids is 1. The maximum Gasteiger partial charge on any atom is 0.257 e. The van der Waals surface area contributed by atoms with Crippen molar-refractivity contribution in [1.29, 1.82) is 0 Å². The van der Waals surface area contributed by atoms with Gasteiger partial charge in [0, 0.05) is 32.5 Å². The summed E-state index contributed by atoms with van der Waals surface area (Å²) in [7, 11) is 3.41. The molecule has 1 aromatic carbocycles. The Morgan fingerprint density at radius 1 is 1.30 bits per heavy atom. The zero-order chi connectivity index (χ0) is 15.1. The van der Waals surface area contributed by atoms with E-state index in [2.05, 4.69) is 13.8 Å². The van der Waals surface area contributed by atoms with Crippen molar-refractivity contribution in [2.24, 2.45) is 5.92 Å². The van der Waals surface area contributed by atoms with E-state index in [4.69, 9.17) is 15.2 Å². The van der Waals surface area contributed by atoms with Gasteiger partial charge >= 0.3 is 0 Å². The molecule has 5 nitrogen and oxygen atoms in total. The van der Waals surface area contributed by atoms with E-state index >= 15 is 0 Å². The highest BCUT2D eigenvalue weighted by atomic mass is 16.5. The van der Waals surface area contributed by atoms with E-state index in [-0.39, 0.29) is 5.91 Å². The fourth-order valence-corrected chi connectivity index (χ4v) is 1.61. The number of hydrogen-bond acceptors (Lipinski definition) is 4. The van der Waals surface area contributed by atoms with Gasteiger partial charge in [-0.2, -0.15) is 0 Å². The highest BCUT2D eigenvalue weighted by molar-refractivity contribution is 5.97. The van der Waals surface area contributed by atoms with Crippen LogP contribution in [0.5, 0.6) is 5.75 Å². The Hall–Kier alpha value is -1.75. The number of nitrogen functional groups attached to an aromatic ring is 1. The van der Waals surface area contributed by atoms with Crippen molar-refractivity contribution in [3.8, 4) is 5.75 Å². The number of ether oxygens (including phenoxy) is 2. The Morgan fingerprint density at radius 3 is 2.60 bits per heavy atom. The summed E-state index contributed by atoms with van der Waals surface area (Å²) < 4.78 is 11.1. The molecule has 0 saturated carbocycles. The van der Waals surface area contributed by atoms with Gasteiger partial charge in [0.15, 0.2) is 0 Å². The fraction of sp³-hybridized carbons (Fsp3) is 0.533. The summed E-state index contributed by atoms with van der Waals surface area (Å²) in [4.78, 5) is 13.5. The van der Waals surface area contributed by atoms with Crippen molar-refractivity contribution >= 4 is 11.6 Å². The summed E-state index contributed by atoms with van der Waals surface area (Å²) in [6.07, 6.45) is 0. The molecule has 1 rings (SSSR count). The van der Waals surface area contributed by atoms with Crippen LogP contribution in [0, 0.1) is 5.92 Å². The predicted molar refractivity (Wildman–Crippen MR) is 80.0 cm³/mol. The molecule has 0 radical (unpaired) electrons. The molecule has 0 unspecified atom stereocenters. The largest absolute Gasteiger partial charge is 0.490 e. The van der Waals surface area contributed by atoms with E-state index in [1.807, 2.05) is 0 Å². The Kier molecular flexibility index (Phi) is 6.31. The minimum Gasteiger partial charge on any atom is -0.490 e. The molecule has 1 aromatic rings. The van der Waals surface area contributed by atoms with Gasteiger partial charge in [0.05, 0.1) is 12.2 Å². The Bertz CT molecular complexity index is 445. The van der Waals surface area contributed by atoms with Crippen molar-refractivity contribution < 1.29 is 14.3 Å². The van der Waals surface area contributed by atoms with Gasteiger partial charge in [-0.15, -0.1) is 0 Å². The normalized spacial score (nSPS) is 10.7. The molecule has 2 N–H and O–H groups in total. The second-order valence-electron chi connectivity index (χ2n) is 5.27. The summed E-state index contributed by atoms with van der Waals surface area (Å²) in [6.45, 7) is 5.76. The van der Waals surface area contributed by atoms with Crippen LogP contribution in [0.1, 0.15) is 24.2 Å². The number of amides is 1. The van der Waals surface area contributed by atoms with E-state index in [9.17, 15) is 4.79 Å². The van der Waals surface area contributed by atoms with E-state index in [0.29, 0.717) is 42.7 Å². The molecule has 0 saturated heterocycles. The fourth-order valence-electron chi connectivity index (χ4n) is 1.61. The van der Waals surface area contributed by atoms with Gasteiger partial charge < -0.3 is 20.1 Å². The second-order valence-corrected chi connectivity index (χ2v) is 5.27. The van der Waals surface area contributed by atoms with E-state index < -0.39 is 0 Å². The van der Waals surface area contributed by atoms with Crippen LogP contribution >= 0.6 is 0 Å². The summed E-state index contributed by atoms with van der Waals surface area (Å²) in [5, 5.41) is 0. The SMILES string of the molecule is CC(C)COCCOc1cc(N)ccc1C(=O)N(C)C. The maximum absolute atomic E-state index is 12.0. The molecule has 0 spiro atoms. The maximum atomic E-state index is 12.0. The molecule has 0 bridgehead atoms. The molecule has 0 fully saturated rings. The molecule has 0 aliphatic rings. The van der Waals surface area contributed by atoms with Crippen molar-refractivity contribution in [3.63, 3.8) is 0 Å². The Morgan fingerprint density at radius 2 is 2.00 bits per heavy atom. The Labute approximate surface area is 120 Å². The minimum atomic E-state index is -0.108. The lowest BCUT2D eigenvalue weighted by Gasteiger charge is -2.15.